The third-order valence-electron chi connectivity index (χ3n) is 8.24. The summed E-state index contributed by atoms with van der Waals surface area (Å²) in [5, 5.41) is 0.530. The first kappa shape index (κ1) is 20.0. The number of fused-ring (bicyclic) bond motifs is 7. The number of pyridine rings is 1. The molecule has 3 fully saturated rings. The molecule has 6 heteroatoms. The first-order valence-corrected chi connectivity index (χ1v) is 12.1. The molecule has 4 heterocycles. The van der Waals surface area contributed by atoms with Crippen molar-refractivity contribution in [3.05, 3.63) is 51.8 Å². The van der Waals surface area contributed by atoms with Crippen molar-refractivity contribution >= 4 is 16.8 Å². The Balaban J connectivity index is 1.35. The molecular weight excluding hydrogens is 402 g/mol. The Labute approximate surface area is 188 Å². The number of nitrogens with zero attached hydrogens (tertiary/aromatic N) is 2. The van der Waals surface area contributed by atoms with Crippen LogP contribution in [0.25, 0.3) is 10.9 Å². The molecule has 0 unspecified atom stereocenters. The number of benzene rings is 1. The maximum Gasteiger partial charge on any atom is 0.259 e. The number of carbonyl (C=O) groups is 1. The normalized spacial score (nSPS) is 29.8. The number of piperidine rings is 3. The topological polar surface area (TPSA) is 65.6 Å². The minimum Gasteiger partial charge on any atom is -0.497 e. The van der Waals surface area contributed by atoms with E-state index in [1.807, 2.05) is 4.90 Å². The fraction of sp³-hybridized carbons (Fsp3) is 0.538. The molecule has 2 bridgehead atoms. The van der Waals surface area contributed by atoms with Crippen molar-refractivity contribution < 1.29 is 9.53 Å². The lowest BCUT2D eigenvalue weighted by molar-refractivity contribution is 0.00143. The second-order valence-corrected chi connectivity index (χ2v) is 9.95. The Hall–Kier alpha value is -2.60. The summed E-state index contributed by atoms with van der Waals surface area (Å²) < 4.78 is 5.26. The van der Waals surface area contributed by atoms with Gasteiger partial charge in [0.15, 0.2) is 0 Å². The van der Waals surface area contributed by atoms with Crippen LogP contribution in [0, 0.1) is 11.8 Å². The van der Waals surface area contributed by atoms with E-state index in [-0.39, 0.29) is 22.9 Å². The Morgan fingerprint density at radius 3 is 2.97 bits per heavy atom. The summed E-state index contributed by atoms with van der Waals surface area (Å²) in [5.74, 6) is 1.67. The molecule has 1 N–H and O–H groups in total. The van der Waals surface area contributed by atoms with Crippen LogP contribution in [0.2, 0.25) is 0 Å². The Bertz CT molecular complexity index is 1150. The number of ether oxygens (including phenoxy) is 1. The van der Waals surface area contributed by atoms with Gasteiger partial charge >= 0.3 is 0 Å². The van der Waals surface area contributed by atoms with Crippen LogP contribution in [-0.4, -0.2) is 59.5 Å². The van der Waals surface area contributed by atoms with Crippen LogP contribution in [0.4, 0.5) is 0 Å². The molecule has 2 aromatic rings. The highest BCUT2D eigenvalue weighted by atomic mass is 16.5. The van der Waals surface area contributed by atoms with Gasteiger partial charge in [-0.15, -0.1) is 0 Å². The number of likely N-dealkylation sites (tertiary alicyclic amines) is 1. The highest BCUT2D eigenvalue weighted by Crippen LogP contribution is 2.45. The molecule has 1 aromatic carbocycles. The fourth-order valence-corrected chi connectivity index (χ4v) is 6.84. The molecule has 0 saturated carbocycles. The maximum atomic E-state index is 13.7. The van der Waals surface area contributed by atoms with E-state index in [0.717, 1.165) is 25.9 Å². The van der Waals surface area contributed by atoms with Crippen LogP contribution in [0.15, 0.2) is 40.8 Å². The van der Waals surface area contributed by atoms with E-state index in [1.165, 1.54) is 37.8 Å². The van der Waals surface area contributed by atoms with Gasteiger partial charge in [-0.2, -0.15) is 0 Å². The van der Waals surface area contributed by atoms with Crippen molar-refractivity contribution in [3.8, 4) is 5.75 Å². The lowest BCUT2D eigenvalue weighted by Gasteiger charge is -2.54. The lowest BCUT2D eigenvalue weighted by atomic mass is 9.68. The molecule has 1 aliphatic carbocycles. The Morgan fingerprint density at radius 1 is 1.19 bits per heavy atom. The van der Waals surface area contributed by atoms with Crippen LogP contribution >= 0.6 is 0 Å². The van der Waals surface area contributed by atoms with E-state index in [9.17, 15) is 9.59 Å². The third kappa shape index (κ3) is 3.11. The summed E-state index contributed by atoms with van der Waals surface area (Å²) in [6, 6.07) is 6.15. The summed E-state index contributed by atoms with van der Waals surface area (Å²) in [7, 11) is 1.60. The monoisotopic (exact) mass is 433 g/mol. The van der Waals surface area contributed by atoms with E-state index in [1.54, 1.807) is 31.5 Å². The molecular formula is C26H31N3O3. The van der Waals surface area contributed by atoms with Gasteiger partial charge in [-0.25, -0.2) is 0 Å². The molecule has 6 nitrogen and oxygen atoms in total. The number of amides is 1. The Morgan fingerprint density at radius 2 is 2.09 bits per heavy atom. The van der Waals surface area contributed by atoms with Crippen molar-refractivity contribution in [1.82, 2.24) is 14.8 Å². The van der Waals surface area contributed by atoms with Crippen molar-refractivity contribution in [1.29, 1.82) is 0 Å². The molecule has 1 aromatic heterocycles. The van der Waals surface area contributed by atoms with E-state index in [0.29, 0.717) is 34.5 Å². The van der Waals surface area contributed by atoms with Gasteiger partial charge in [0.25, 0.3) is 5.91 Å². The van der Waals surface area contributed by atoms with Gasteiger partial charge < -0.3 is 14.6 Å². The predicted octanol–water partition coefficient (Wildman–Crippen LogP) is 3.57. The number of aromatic amines is 1. The summed E-state index contributed by atoms with van der Waals surface area (Å²) in [6.07, 6.45) is 11.3. The largest absolute Gasteiger partial charge is 0.497 e. The average molecular weight is 434 g/mol. The summed E-state index contributed by atoms with van der Waals surface area (Å²) in [6.45, 7) is 3.00. The molecule has 3 saturated heterocycles. The predicted molar refractivity (Wildman–Crippen MR) is 124 cm³/mol. The molecule has 6 rings (SSSR count). The standard InChI is InChI=1S/C26H31N3O3/c1-32-19-7-8-20-22(13-19)27-14-21(25(20)30)26(31)29-10-4-5-16-11-17-12-18(24(16)29)15-28-9-3-2-6-23(17)28/h7-8,11,13-14,17-18,23-24H,2-6,9-10,12,15H2,1H3,(H,27,30)/t17-,18-,23+,24+/m0/s1. The van der Waals surface area contributed by atoms with Gasteiger partial charge in [0, 0.05) is 36.8 Å². The quantitative estimate of drug-likeness (QED) is 0.736. The fourth-order valence-electron chi connectivity index (χ4n) is 6.84. The van der Waals surface area contributed by atoms with Crippen LogP contribution in [-0.2, 0) is 0 Å². The van der Waals surface area contributed by atoms with Crippen LogP contribution < -0.4 is 10.2 Å². The first-order valence-electron chi connectivity index (χ1n) is 12.1. The van der Waals surface area contributed by atoms with Gasteiger partial charge in [0.05, 0.1) is 18.7 Å². The highest BCUT2D eigenvalue weighted by Gasteiger charge is 2.47. The van der Waals surface area contributed by atoms with Crippen molar-refractivity contribution in [2.75, 3.05) is 26.7 Å². The second kappa shape index (κ2) is 7.77. The highest BCUT2D eigenvalue weighted by molar-refractivity contribution is 5.97. The summed E-state index contributed by atoms with van der Waals surface area (Å²) in [4.78, 5) is 34.8. The minimum atomic E-state index is -0.198. The van der Waals surface area contributed by atoms with Crippen molar-refractivity contribution in [3.63, 3.8) is 0 Å². The zero-order valence-electron chi connectivity index (χ0n) is 18.7. The van der Waals surface area contributed by atoms with E-state index in [4.69, 9.17) is 4.74 Å². The average Bonchev–Trinajstić information content (AvgIpc) is 2.83. The molecule has 168 valence electrons. The van der Waals surface area contributed by atoms with Gasteiger partial charge in [-0.1, -0.05) is 18.1 Å². The molecule has 1 amide bonds. The van der Waals surface area contributed by atoms with Crippen LogP contribution in [0.5, 0.6) is 5.75 Å². The van der Waals surface area contributed by atoms with Crippen molar-refractivity contribution in [2.45, 2.75) is 50.6 Å². The summed E-state index contributed by atoms with van der Waals surface area (Å²) in [5.41, 5.74) is 2.18. The number of rotatable bonds is 2. The number of methoxy groups -OCH3 is 1. The molecule has 0 spiro atoms. The van der Waals surface area contributed by atoms with Gasteiger partial charge in [0.1, 0.15) is 11.3 Å². The SMILES string of the molecule is COc1ccc2c(=O)c(C(=O)N3CCCC4=C[C@H]5C[C@@H](CN6CCCC[C@H]56)[C@@H]43)c[nH]c2c1. The third-order valence-corrected chi connectivity index (χ3v) is 8.24. The maximum absolute atomic E-state index is 13.7. The zero-order chi connectivity index (χ0) is 21.8. The van der Waals surface area contributed by atoms with Gasteiger partial charge in [-0.05, 0) is 62.6 Å². The van der Waals surface area contributed by atoms with E-state index < -0.39 is 0 Å². The zero-order valence-corrected chi connectivity index (χ0v) is 18.7. The Kier molecular flexibility index (Phi) is 4.86. The van der Waals surface area contributed by atoms with Gasteiger partial charge in [-0.3, -0.25) is 14.5 Å². The molecule has 0 radical (unpaired) electrons. The number of carbonyl (C=O) groups excluding carboxylic acids is 1. The molecule has 4 atom stereocenters. The van der Waals surface area contributed by atoms with E-state index in [2.05, 4.69) is 16.0 Å². The summed E-state index contributed by atoms with van der Waals surface area (Å²) >= 11 is 0. The van der Waals surface area contributed by atoms with E-state index >= 15 is 0 Å². The smallest absolute Gasteiger partial charge is 0.259 e. The number of hydrogen-bond acceptors (Lipinski definition) is 4. The molecule has 32 heavy (non-hydrogen) atoms. The number of H-pyrrole nitrogens is 1. The van der Waals surface area contributed by atoms with Crippen LogP contribution in [0.3, 0.4) is 0 Å². The van der Waals surface area contributed by atoms with Crippen molar-refractivity contribution in [2.24, 2.45) is 11.8 Å². The second-order valence-electron chi connectivity index (χ2n) is 9.95. The van der Waals surface area contributed by atoms with Gasteiger partial charge in [0.2, 0.25) is 5.43 Å². The number of aromatic nitrogens is 1. The number of hydrogen-bond donors (Lipinski definition) is 1. The van der Waals surface area contributed by atoms with Crippen LogP contribution in [0.1, 0.15) is 48.9 Å². The minimum absolute atomic E-state index is 0.126. The number of nitrogens with one attached hydrogen (secondary N) is 1. The first-order chi connectivity index (χ1) is 15.6. The lowest BCUT2D eigenvalue weighted by Crippen LogP contribution is -2.60. The molecule has 3 aliphatic heterocycles. The molecule has 4 aliphatic rings.